The van der Waals surface area contributed by atoms with Crippen LogP contribution in [0.25, 0.3) is 11.1 Å². The minimum atomic E-state index is -4.09. The summed E-state index contributed by atoms with van der Waals surface area (Å²) in [5.74, 6) is -0.844. The van der Waals surface area contributed by atoms with Crippen molar-refractivity contribution in [3.63, 3.8) is 0 Å². The van der Waals surface area contributed by atoms with Gasteiger partial charge in [-0.05, 0) is 37.1 Å². The third kappa shape index (κ3) is 3.14. The Balaban J connectivity index is 2.64. The maximum absolute atomic E-state index is 13.5. The Morgan fingerprint density at radius 3 is 2.05 bits per heavy atom. The molecule has 0 amide bonds. The Bertz CT molecular complexity index is 719. The van der Waals surface area contributed by atoms with E-state index >= 15 is 0 Å². The van der Waals surface area contributed by atoms with Gasteiger partial charge in [0.2, 0.25) is 0 Å². The zero-order valence-corrected chi connectivity index (χ0v) is 12.0. The van der Waals surface area contributed by atoms with Gasteiger partial charge in [-0.2, -0.15) is 0 Å². The molecule has 0 aliphatic carbocycles. The van der Waals surface area contributed by atoms with Crippen molar-refractivity contribution in [1.29, 1.82) is 0 Å². The minimum Gasteiger partial charge on any atom is -0.207 e. The highest BCUT2D eigenvalue weighted by molar-refractivity contribution is 8.13. The molecule has 100 valence electrons. The summed E-state index contributed by atoms with van der Waals surface area (Å²) in [5.41, 5.74) is 3.55. The van der Waals surface area contributed by atoms with Crippen molar-refractivity contribution >= 4 is 19.7 Å². The molecule has 0 saturated carbocycles. The van der Waals surface area contributed by atoms with Crippen molar-refractivity contribution in [3.05, 3.63) is 53.3 Å². The first kappa shape index (κ1) is 14.0. The normalized spacial score (nSPS) is 11.6. The molecule has 0 aromatic heterocycles. The van der Waals surface area contributed by atoms with Crippen LogP contribution in [0, 0.1) is 19.7 Å². The van der Waals surface area contributed by atoms with Crippen LogP contribution in [0.3, 0.4) is 0 Å². The number of aryl methyl sites for hydroxylation is 2. The predicted octanol–water partition coefficient (Wildman–Crippen LogP) is 4.04. The molecule has 2 aromatic rings. The molecule has 0 bridgehead atoms. The monoisotopic (exact) mass is 298 g/mol. The maximum atomic E-state index is 13.5. The van der Waals surface area contributed by atoms with Crippen LogP contribution in [0.15, 0.2) is 41.3 Å². The van der Waals surface area contributed by atoms with Gasteiger partial charge in [-0.3, -0.25) is 0 Å². The quantitative estimate of drug-likeness (QED) is 0.784. The van der Waals surface area contributed by atoms with E-state index in [1.54, 1.807) is 0 Å². The first-order valence-electron chi connectivity index (χ1n) is 5.60. The fourth-order valence-electron chi connectivity index (χ4n) is 2.01. The van der Waals surface area contributed by atoms with Crippen molar-refractivity contribution in [2.45, 2.75) is 18.7 Å². The van der Waals surface area contributed by atoms with Crippen LogP contribution in [0.4, 0.5) is 4.39 Å². The van der Waals surface area contributed by atoms with E-state index in [0.717, 1.165) is 22.8 Å². The molecule has 0 radical (unpaired) electrons. The van der Waals surface area contributed by atoms with E-state index < -0.39 is 19.8 Å². The van der Waals surface area contributed by atoms with Crippen molar-refractivity contribution in [2.75, 3.05) is 0 Å². The molecule has 0 heterocycles. The summed E-state index contributed by atoms with van der Waals surface area (Å²) in [6, 6.07) is 9.73. The molecule has 2 nitrogen and oxygen atoms in total. The summed E-state index contributed by atoms with van der Waals surface area (Å²) in [6.07, 6.45) is 0. The molecule has 0 aliphatic rings. The van der Waals surface area contributed by atoms with Gasteiger partial charge in [0.1, 0.15) is 10.7 Å². The van der Waals surface area contributed by atoms with Crippen LogP contribution in [0.1, 0.15) is 11.1 Å². The van der Waals surface area contributed by atoms with E-state index in [1.807, 2.05) is 32.0 Å². The Hall–Kier alpha value is -1.39. The molecule has 5 heteroatoms. The lowest BCUT2D eigenvalue weighted by Crippen LogP contribution is -1.96. The lowest BCUT2D eigenvalue weighted by atomic mass is 10.0. The third-order valence-electron chi connectivity index (χ3n) is 2.75. The van der Waals surface area contributed by atoms with E-state index in [0.29, 0.717) is 5.56 Å². The first-order chi connectivity index (χ1) is 8.77. The predicted molar refractivity (Wildman–Crippen MR) is 74.3 cm³/mol. The summed E-state index contributed by atoms with van der Waals surface area (Å²) in [4.78, 5) is -0.495. The zero-order chi connectivity index (χ0) is 14.2. The standard InChI is InChI=1S/C14H12ClFO2S/c1-9-5-10(2)7-12(6-9)11-3-4-13(16)14(8-11)19(15,17)18/h3-8H,1-2H3. The highest BCUT2D eigenvalue weighted by atomic mass is 35.7. The smallest absolute Gasteiger partial charge is 0.207 e. The topological polar surface area (TPSA) is 34.1 Å². The molecule has 2 rings (SSSR count). The van der Waals surface area contributed by atoms with Gasteiger partial charge >= 0.3 is 0 Å². The summed E-state index contributed by atoms with van der Waals surface area (Å²) in [5, 5.41) is 0. The molecular weight excluding hydrogens is 287 g/mol. The van der Waals surface area contributed by atoms with E-state index in [9.17, 15) is 12.8 Å². The Kier molecular flexibility index (Phi) is 3.65. The number of hydrogen-bond acceptors (Lipinski definition) is 2. The SMILES string of the molecule is Cc1cc(C)cc(-c2ccc(F)c(S(=O)(=O)Cl)c2)c1. The van der Waals surface area contributed by atoms with Gasteiger partial charge in [0.15, 0.2) is 0 Å². The minimum absolute atomic E-state index is 0.495. The van der Waals surface area contributed by atoms with Crippen molar-refractivity contribution in [1.82, 2.24) is 0 Å². The van der Waals surface area contributed by atoms with Crippen molar-refractivity contribution in [3.8, 4) is 11.1 Å². The summed E-state index contributed by atoms with van der Waals surface area (Å²) in [6.45, 7) is 3.89. The zero-order valence-electron chi connectivity index (χ0n) is 10.4. The summed E-state index contributed by atoms with van der Waals surface area (Å²) < 4.78 is 36.1. The van der Waals surface area contributed by atoms with Gasteiger partial charge in [0.05, 0.1) is 0 Å². The second kappa shape index (κ2) is 4.94. The average molecular weight is 299 g/mol. The van der Waals surface area contributed by atoms with Crippen LogP contribution >= 0.6 is 10.7 Å². The second-order valence-corrected chi connectivity index (χ2v) is 6.99. The first-order valence-corrected chi connectivity index (χ1v) is 7.91. The van der Waals surface area contributed by atoms with E-state index in [4.69, 9.17) is 10.7 Å². The third-order valence-corrected chi connectivity index (χ3v) is 4.09. The lowest BCUT2D eigenvalue weighted by Gasteiger charge is -2.07. The van der Waals surface area contributed by atoms with E-state index in [1.165, 1.54) is 12.1 Å². The van der Waals surface area contributed by atoms with Crippen molar-refractivity contribution in [2.24, 2.45) is 0 Å². The van der Waals surface area contributed by atoms with Gasteiger partial charge in [0, 0.05) is 10.7 Å². The Labute approximate surface area is 116 Å². The molecule has 0 saturated heterocycles. The lowest BCUT2D eigenvalue weighted by molar-refractivity contribution is 0.576. The van der Waals surface area contributed by atoms with Gasteiger partial charge in [-0.1, -0.05) is 35.4 Å². The molecule has 0 N–H and O–H groups in total. The molecule has 0 unspecified atom stereocenters. The van der Waals surface area contributed by atoms with Crippen LogP contribution in [-0.2, 0) is 9.05 Å². The fraction of sp³-hybridized carbons (Fsp3) is 0.143. The van der Waals surface area contributed by atoms with E-state index in [2.05, 4.69) is 0 Å². The molecule has 2 aromatic carbocycles. The molecule has 0 fully saturated rings. The molecule has 0 atom stereocenters. The Morgan fingerprint density at radius 2 is 1.53 bits per heavy atom. The van der Waals surface area contributed by atoms with Crippen LogP contribution in [0.2, 0.25) is 0 Å². The fourth-order valence-corrected chi connectivity index (χ4v) is 2.93. The average Bonchev–Trinajstić information content (AvgIpc) is 2.26. The van der Waals surface area contributed by atoms with Crippen LogP contribution < -0.4 is 0 Å². The van der Waals surface area contributed by atoms with Crippen molar-refractivity contribution < 1.29 is 12.8 Å². The van der Waals surface area contributed by atoms with Crippen LogP contribution in [0.5, 0.6) is 0 Å². The number of halogens is 2. The highest BCUT2D eigenvalue weighted by Crippen LogP contribution is 2.27. The Morgan fingerprint density at radius 1 is 0.947 bits per heavy atom. The highest BCUT2D eigenvalue weighted by Gasteiger charge is 2.17. The van der Waals surface area contributed by atoms with Gasteiger partial charge in [-0.15, -0.1) is 0 Å². The second-order valence-electron chi connectivity index (χ2n) is 4.46. The van der Waals surface area contributed by atoms with E-state index in [-0.39, 0.29) is 0 Å². The maximum Gasteiger partial charge on any atom is 0.264 e. The largest absolute Gasteiger partial charge is 0.264 e. The molecule has 19 heavy (non-hydrogen) atoms. The van der Waals surface area contributed by atoms with Crippen LogP contribution in [-0.4, -0.2) is 8.42 Å². The number of rotatable bonds is 2. The van der Waals surface area contributed by atoms with Gasteiger partial charge in [0.25, 0.3) is 9.05 Å². The van der Waals surface area contributed by atoms with Gasteiger partial charge in [-0.25, -0.2) is 12.8 Å². The number of benzene rings is 2. The summed E-state index contributed by atoms with van der Waals surface area (Å²) in [7, 11) is 1.13. The number of hydrogen-bond donors (Lipinski definition) is 0. The van der Waals surface area contributed by atoms with Gasteiger partial charge < -0.3 is 0 Å². The molecular formula is C14H12ClFO2S. The molecule has 0 aliphatic heterocycles. The summed E-state index contributed by atoms with van der Waals surface area (Å²) >= 11 is 0. The molecule has 0 spiro atoms.